The van der Waals surface area contributed by atoms with E-state index in [1.165, 1.54) is 0 Å². The highest BCUT2D eigenvalue weighted by molar-refractivity contribution is 5.98. The number of benzene rings is 2. The molecule has 5 rings (SSSR count). The molecule has 0 atom stereocenters. The predicted molar refractivity (Wildman–Crippen MR) is 137 cm³/mol. The lowest BCUT2D eigenvalue weighted by molar-refractivity contribution is -0.117. The summed E-state index contributed by atoms with van der Waals surface area (Å²) in [6, 6.07) is 16.3. The van der Waals surface area contributed by atoms with Crippen molar-refractivity contribution in [1.82, 2.24) is 14.6 Å². The topological polar surface area (TPSA) is 104 Å². The van der Waals surface area contributed by atoms with E-state index in [9.17, 15) is 9.59 Å². The maximum atomic E-state index is 13.0. The Kier molecular flexibility index (Phi) is 7.14. The number of hydrogen-bond acceptors (Lipinski definition) is 7. The molecule has 2 aromatic carbocycles. The molecule has 0 saturated heterocycles. The Balaban J connectivity index is 1.27. The Morgan fingerprint density at radius 3 is 2.73 bits per heavy atom. The van der Waals surface area contributed by atoms with Crippen molar-refractivity contribution in [2.45, 2.75) is 26.2 Å². The first-order valence-corrected chi connectivity index (χ1v) is 12.2. The van der Waals surface area contributed by atoms with Crippen molar-refractivity contribution in [2.24, 2.45) is 5.92 Å². The van der Waals surface area contributed by atoms with Crippen LogP contribution in [0.3, 0.4) is 0 Å². The van der Waals surface area contributed by atoms with Crippen molar-refractivity contribution in [2.75, 3.05) is 25.6 Å². The molecule has 0 radical (unpaired) electrons. The molecule has 1 saturated carbocycles. The van der Waals surface area contributed by atoms with Crippen LogP contribution in [-0.2, 0) is 16.0 Å². The minimum Gasteiger partial charge on any atom is -0.491 e. The SMILES string of the molecule is COCCOc1cccc(C(=O)Cc2cc(Oc3ccc4nc(NC(=O)C5CC5)cn4n3)ccc2C)c1. The predicted octanol–water partition coefficient (Wildman–Crippen LogP) is 4.63. The molecule has 0 spiro atoms. The number of rotatable bonds is 11. The third-order valence-electron chi connectivity index (χ3n) is 6.10. The van der Waals surface area contributed by atoms with Gasteiger partial charge in [-0.15, -0.1) is 5.10 Å². The van der Waals surface area contributed by atoms with E-state index in [-0.39, 0.29) is 24.0 Å². The molecule has 1 aliphatic carbocycles. The molecule has 1 amide bonds. The number of ether oxygens (including phenoxy) is 3. The summed E-state index contributed by atoms with van der Waals surface area (Å²) in [7, 11) is 1.61. The molecule has 190 valence electrons. The molecule has 1 aliphatic rings. The molecule has 1 N–H and O–H groups in total. The number of nitrogens with zero attached hydrogens (tertiary/aromatic N) is 3. The van der Waals surface area contributed by atoms with Crippen LogP contribution in [0.4, 0.5) is 5.82 Å². The fourth-order valence-corrected chi connectivity index (χ4v) is 3.85. The molecule has 37 heavy (non-hydrogen) atoms. The van der Waals surface area contributed by atoms with Crippen molar-refractivity contribution < 1.29 is 23.8 Å². The number of amides is 1. The molecule has 0 aliphatic heterocycles. The highest BCUT2D eigenvalue weighted by atomic mass is 16.5. The third-order valence-corrected chi connectivity index (χ3v) is 6.10. The zero-order chi connectivity index (χ0) is 25.8. The molecular formula is C28H28N4O5. The van der Waals surface area contributed by atoms with Gasteiger partial charge in [-0.1, -0.05) is 18.2 Å². The van der Waals surface area contributed by atoms with E-state index in [2.05, 4.69) is 15.4 Å². The van der Waals surface area contributed by atoms with E-state index in [0.29, 0.717) is 47.6 Å². The van der Waals surface area contributed by atoms with Gasteiger partial charge < -0.3 is 19.5 Å². The van der Waals surface area contributed by atoms with E-state index in [0.717, 1.165) is 24.0 Å². The van der Waals surface area contributed by atoms with Crippen LogP contribution < -0.4 is 14.8 Å². The Bertz CT molecular complexity index is 1440. The molecule has 2 heterocycles. The van der Waals surface area contributed by atoms with Crippen LogP contribution in [0.15, 0.2) is 60.8 Å². The number of ketones is 1. The Morgan fingerprint density at radius 1 is 1.05 bits per heavy atom. The van der Waals surface area contributed by atoms with Crippen LogP contribution in [0.25, 0.3) is 5.65 Å². The van der Waals surface area contributed by atoms with E-state index < -0.39 is 0 Å². The number of aromatic nitrogens is 3. The molecule has 9 heteroatoms. The maximum absolute atomic E-state index is 13.0. The number of imidazole rings is 1. The molecule has 4 aromatic rings. The number of carbonyl (C=O) groups excluding carboxylic acids is 2. The highest BCUT2D eigenvalue weighted by Crippen LogP contribution is 2.30. The largest absolute Gasteiger partial charge is 0.491 e. The quantitative estimate of drug-likeness (QED) is 0.237. The Hall–Kier alpha value is -4.24. The minimum absolute atomic E-state index is 0.00745. The van der Waals surface area contributed by atoms with E-state index >= 15 is 0 Å². The van der Waals surface area contributed by atoms with E-state index in [4.69, 9.17) is 14.2 Å². The summed E-state index contributed by atoms with van der Waals surface area (Å²) in [5.74, 6) is 2.10. The lowest BCUT2D eigenvalue weighted by Gasteiger charge is -2.11. The zero-order valence-corrected chi connectivity index (χ0v) is 20.8. The Labute approximate surface area is 214 Å². The number of methoxy groups -OCH3 is 1. The Morgan fingerprint density at radius 2 is 1.92 bits per heavy atom. The van der Waals surface area contributed by atoms with Gasteiger partial charge in [0, 0.05) is 31.1 Å². The summed E-state index contributed by atoms with van der Waals surface area (Å²) in [4.78, 5) is 29.4. The van der Waals surface area contributed by atoms with Gasteiger partial charge in [-0.2, -0.15) is 0 Å². The summed E-state index contributed by atoms with van der Waals surface area (Å²) < 4.78 is 18.2. The lowest BCUT2D eigenvalue weighted by Crippen LogP contribution is -2.13. The molecular weight excluding hydrogens is 472 g/mol. The van der Waals surface area contributed by atoms with Gasteiger partial charge in [0.1, 0.15) is 18.1 Å². The molecule has 2 aromatic heterocycles. The van der Waals surface area contributed by atoms with Gasteiger partial charge in [-0.25, -0.2) is 9.50 Å². The van der Waals surface area contributed by atoms with Gasteiger partial charge in [0.05, 0.1) is 12.8 Å². The highest BCUT2D eigenvalue weighted by Gasteiger charge is 2.30. The van der Waals surface area contributed by atoms with Gasteiger partial charge in [0.2, 0.25) is 11.8 Å². The van der Waals surface area contributed by atoms with Crippen LogP contribution in [0.1, 0.15) is 34.3 Å². The molecule has 0 bridgehead atoms. The molecule has 0 unspecified atom stereocenters. The van der Waals surface area contributed by atoms with Gasteiger partial charge in [-0.3, -0.25) is 9.59 Å². The van der Waals surface area contributed by atoms with Crippen LogP contribution in [-0.4, -0.2) is 46.6 Å². The van der Waals surface area contributed by atoms with Crippen LogP contribution in [0.5, 0.6) is 17.4 Å². The van der Waals surface area contributed by atoms with Gasteiger partial charge in [-0.05, 0) is 61.2 Å². The number of carbonyl (C=O) groups is 2. The maximum Gasteiger partial charge on any atom is 0.237 e. The fourth-order valence-electron chi connectivity index (χ4n) is 3.85. The number of Topliss-reactive ketones (excluding diaryl/α,β-unsaturated/α-hetero) is 1. The average molecular weight is 501 g/mol. The first-order valence-electron chi connectivity index (χ1n) is 12.2. The second kappa shape index (κ2) is 10.8. The minimum atomic E-state index is -0.0174. The first kappa shape index (κ1) is 24.5. The van der Waals surface area contributed by atoms with Crippen LogP contribution in [0.2, 0.25) is 0 Å². The summed E-state index contributed by atoms with van der Waals surface area (Å²) in [5, 5.41) is 7.28. The average Bonchev–Trinajstić information content (AvgIpc) is 3.67. The van der Waals surface area contributed by atoms with Crippen molar-refractivity contribution >= 4 is 23.2 Å². The number of nitrogens with one attached hydrogen (secondary N) is 1. The number of hydrogen-bond donors (Lipinski definition) is 1. The zero-order valence-electron chi connectivity index (χ0n) is 20.8. The lowest BCUT2D eigenvalue weighted by atomic mass is 9.99. The second-order valence-electron chi connectivity index (χ2n) is 9.02. The number of fused-ring (bicyclic) bond motifs is 1. The summed E-state index contributed by atoms with van der Waals surface area (Å²) >= 11 is 0. The number of aryl methyl sites for hydroxylation is 1. The van der Waals surface area contributed by atoms with Gasteiger partial charge in [0.15, 0.2) is 17.2 Å². The normalized spacial score (nSPS) is 12.9. The van der Waals surface area contributed by atoms with Crippen molar-refractivity contribution in [3.63, 3.8) is 0 Å². The third kappa shape index (κ3) is 6.13. The first-order chi connectivity index (χ1) is 18.0. The van der Waals surface area contributed by atoms with Gasteiger partial charge >= 0.3 is 0 Å². The van der Waals surface area contributed by atoms with Gasteiger partial charge in [0.25, 0.3) is 0 Å². The summed E-state index contributed by atoms with van der Waals surface area (Å²) in [6.07, 6.45) is 3.74. The monoisotopic (exact) mass is 500 g/mol. The fraction of sp³-hybridized carbons (Fsp3) is 0.286. The van der Waals surface area contributed by atoms with Crippen molar-refractivity contribution in [3.05, 3.63) is 77.5 Å². The molecule has 9 nitrogen and oxygen atoms in total. The van der Waals surface area contributed by atoms with Crippen LogP contribution in [0, 0.1) is 12.8 Å². The van der Waals surface area contributed by atoms with Crippen molar-refractivity contribution in [3.8, 4) is 17.4 Å². The van der Waals surface area contributed by atoms with Crippen LogP contribution >= 0.6 is 0 Å². The standard InChI is InChI=1S/C28H28N4O5/c1-18-6-9-23(15-21(18)16-24(33)20-4-3-5-22(14-20)36-13-12-35-2)37-27-11-10-26-29-25(17-32(26)31-27)30-28(34)19-7-8-19/h3-6,9-11,14-15,17,19H,7-8,12-13,16H2,1-2H3,(H,30,34). The molecule has 1 fully saturated rings. The number of anilines is 1. The second-order valence-corrected chi connectivity index (χ2v) is 9.02. The summed E-state index contributed by atoms with van der Waals surface area (Å²) in [5.41, 5.74) is 3.03. The van der Waals surface area contributed by atoms with E-state index in [1.54, 1.807) is 42.1 Å². The van der Waals surface area contributed by atoms with Crippen molar-refractivity contribution in [1.29, 1.82) is 0 Å². The summed E-state index contributed by atoms with van der Waals surface area (Å²) in [6.45, 7) is 2.86. The smallest absolute Gasteiger partial charge is 0.237 e. The van der Waals surface area contributed by atoms with E-state index in [1.807, 2.05) is 37.3 Å².